The van der Waals surface area contributed by atoms with Crippen LogP contribution in [0.25, 0.3) is 5.69 Å². The highest BCUT2D eigenvalue weighted by Crippen LogP contribution is 2.25. The molecule has 6 nitrogen and oxygen atoms in total. The molecule has 0 radical (unpaired) electrons. The standard InChI is InChI=1S/C23H25ClFN5OS/c1-28(14-18-19(24)10-7-11-20(18)25)22(31)16-32-23-27-26-21(15-29-12-5-6-13-29)30(23)17-8-3-2-4-9-17/h2-4,7-11H,5-6,12-16H2,1H3. The van der Waals surface area contributed by atoms with E-state index in [1.54, 1.807) is 19.2 Å². The molecule has 32 heavy (non-hydrogen) atoms. The first-order chi connectivity index (χ1) is 15.5. The Labute approximate surface area is 196 Å². The summed E-state index contributed by atoms with van der Waals surface area (Å²) in [5, 5.41) is 9.78. The number of amides is 1. The molecular formula is C23H25ClFN5OS. The van der Waals surface area contributed by atoms with E-state index in [2.05, 4.69) is 15.1 Å². The van der Waals surface area contributed by atoms with E-state index < -0.39 is 5.82 Å². The Morgan fingerprint density at radius 3 is 2.59 bits per heavy atom. The zero-order chi connectivity index (χ0) is 22.5. The van der Waals surface area contributed by atoms with Gasteiger partial charge in [0.1, 0.15) is 5.82 Å². The third-order valence-electron chi connectivity index (χ3n) is 5.49. The average Bonchev–Trinajstić information content (AvgIpc) is 3.45. The number of thioether (sulfide) groups is 1. The zero-order valence-corrected chi connectivity index (χ0v) is 19.4. The third kappa shape index (κ3) is 5.31. The molecule has 0 saturated carbocycles. The van der Waals surface area contributed by atoms with Gasteiger partial charge in [0, 0.05) is 29.9 Å². The van der Waals surface area contributed by atoms with Gasteiger partial charge in [-0.2, -0.15) is 0 Å². The molecule has 0 bridgehead atoms. The second kappa shape index (κ2) is 10.5. The van der Waals surface area contributed by atoms with Crippen molar-refractivity contribution in [2.75, 3.05) is 25.9 Å². The predicted molar refractivity (Wildman–Crippen MR) is 124 cm³/mol. The highest BCUT2D eigenvalue weighted by Gasteiger charge is 2.21. The van der Waals surface area contributed by atoms with Crippen LogP contribution in [0.5, 0.6) is 0 Å². The molecule has 3 aromatic rings. The van der Waals surface area contributed by atoms with E-state index >= 15 is 0 Å². The Morgan fingerprint density at radius 2 is 1.88 bits per heavy atom. The summed E-state index contributed by atoms with van der Waals surface area (Å²) in [6, 6.07) is 14.4. The molecule has 168 valence electrons. The summed E-state index contributed by atoms with van der Waals surface area (Å²) in [6.45, 7) is 2.95. The van der Waals surface area contributed by atoms with E-state index in [0.717, 1.165) is 31.1 Å². The number of likely N-dealkylation sites (tertiary alicyclic amines) is 1. The van der Waals surface area contributed by atoms with Crippen LogP contribution in [0.4, 0.5) is 4.39 Å². The van der Waals surface area contributed by atoms with Gasteiger partial charge in [0.2, 0.25) is 5.91 Å². The molecule has 2 heterocycles. The minimum atomic E-state index is -0.417. The molecule has 2 aromatic carbocycles. The highest BCUT2D eigenvalue weighted by atomic mass is 35.5. The van der Waals surface area contributed by atoms with Crippen LogP contribution in [-0.4, -0.2) is 56.4 Å². The van der Waals surface area contributed by atoms with Gasteiger partial charge >= 0.3 is 0 Å². The molecule has 4 rings (SSSR count). The van der Waals surface area contributed by atoms with Crippen LogP contribution in [-0.2, 0) is 17.9 Å². The molecule has 1 saturated heterocycles. The highest BCUT2D eigenvalue weighted by molar-refractivity contribution is 7.99. The van der Waals surface area contributed by atoms with E-state index in [0.29, 0.717) is 15.7 Å². The molecule has 0 atom stereocenters. The fraction of sp³-hybridized carbons (Fsp3) is 0.348. The monoisotopic (exact) mass is 473 g/mol. The summed E-state index contributed by atoms with van der Waals surface area (Å²) in [5.41, 5.74) is 1.28. The molecule has 0 aliphatic carbocycles. The number of carbonyl (C=O) groups is 1. The molecule has 0 unspecified atom stereocenters. The lowest BCUT2D eigenvalue weighted by molar-refractivity contribution is -0.127. The quantitative estimate of drug-likeness (QED) is 0.454. The Kier molecular flexibility index (Phi) is 7.44. The summed E-state index contributed by atoms with van der Waals surface area (Å²) < 4.78 is 16.1. The first-order valence-corrected chi connectivity index (χ1v) is 11.9. The van der Waals surface area contributed by atoms with Gasteiger partial charge in [-0.05, 0) is 50.2 Å². The molecular weight excluding hydrogens is 449 g/mol. The molecule has 1 amide bonds. The Balaban J connectivity index is 1.47. The number of hydrogen-bond acceptors (Lipinski definition) is 5. The van der Waals surface area contributed by atoms with Gasteiger partial charge in [-0.3, -0.25) is 14.3 Å². The van der Waals surface area contributed by atoms with Crippen LogP contribution in [0.3, 0.4) is 0 Å². The van der Waals surface area contributed by atoms with Crippen molar-refractivity contribution in [1.82, 2.24) is 24.6 Å². The van der Waals surface area contributed by atoms with E-state index in [1.165, 1.54) is 35.6 Å². The lowest BCUT2D eigenvalue weighted by atomic mass is 10.2. The summed E-state index contributed by atoms with van der Waals surface area (Å²) in [5.74, 6) is 0.467. The van der Waals surface area contributed by atoms with Crippen LogP contribution in [0.2, 0.25) is 5.02 Å². The summed E-state index contributed by atoms with van der Waals surface area (Å²) in [6.07, 6.45) is 2.40. The molecule has 1 fully saturated rings. The third-order valence-corrected chi connectivity index (χ3v) is 6.75. The van der Waals surface area contributed by atoms with Gasteiger partial charge in [0.05, 0.1) is 12.3 Å². The topological polar surface area (TPSA) is 54.3 Å². The van der Waals surface area contributed by atoms with Crippen molar-refractivity contribution in [1.29, 1.82) is 0 Å². The summed E-state index contributed by atoms with van der Waals surface area (Å²) >= 11 is 7.43. The van der Waals surface area contributed by atoms with Crippen LogP contribution in [0.1, 0.15) is 24.2 Å². The molecule has 0 N–H and O–H groups in total. The Bertz CT molecular complexity index is 1050. The Hall–Kier alpha value is -2.42. The summed E-state index contributed by atoms with van der Waals surface area (Å²) in [7, 11) is 1.65. The number of carbonyl (C=O) groups excluding carboxylic acids is 1. The molecule has 1 aliphatic rings. The van der Waals surface area contributed by atoms with E-state index in [9.17, 15) is 9.18 Å². The van der Waals surface area contributed by atoms with Crippen LogP contribution >= 0.6 is 23.4 Å². The summed E-state index contributed by atoms with van der Waals surface area (Å²) in [4.78, 5) is 16.6. The van der Waals surface area contributed by atoms with Crippen LogP contribution in [0, 0.1) is 5.82 Å². The first-order valence-electron chi connectivity index (χ1n) is 10.5. The minimum absolute atomic E-state index is 0.108. The van der Waals surface area contributed by atoms with Crippen molar-refractivity contribution in [3.05, 3.63) is 70.8 Å². The number of rotatable bonds is 8. The van der Waals surface area contributed by atoms with Gasteiger partial charge in [-0.15, -0.1) is 10.2 Å². The maximum absolute atomic E-state index is 14.1. The van der Waals surface area contributed by atoms with Gasteiger partial charge in [-0.1, -0.05) is 47.6 Å². The average molecular weight is 474 g/mol. The maximum atomic E-state index is 14.1. The molecule has 9 heteroatoms. The van der Waals surface area contributed by atoms with Gasteiger partial charge in [-0.25, -0.2) is 4.39 Å². The van der Waals surface area contributed by atoms with Gasteiger partial charge in [0.25, 0.3) is 0 Å². The SMILES string of the molecule is CN(Cc1c(F)cccc1Cl)C(=O)CSc1nnc(CN2CCCC2)n1-c1ccccc1. The van der Waals surface area contributed by atoms with Crippen molar-refractivity contribution in [3.8, 4) is 5.69 Å². The van der Waals surface area contributed by atoms with Gasteiger partial charge < -0.3 is 4.90 Å². The van der Waals surface area contributed by atoms with Crippen molar-refractivity contribution in [3.63, 3.8) is 0 Å². The van der Waals surface area contributed by atoms with E-state index in [1.807, 2.05) is 34.9 Å². The van der Waals surface area contributed by atoms with Gasteiger partial charge in [0.15, 0.2) is 11.0 Å². The normalized spacial score (nSPS) is 14.1. The number of para-hydroxylation sites is 1. The molecule has 0 spiro atoms. The molecule has 1 aromatic heterocycles. The number of halogens is 2. The zero-order valence-electron chi connectivity index (χ0n) is 17.9. The maximum Gasteiger partial charge on any atom is 0.233 e. The second-order valence-electron chi connectivity index (χ2n) is 7.79. The number of benzene rings is 2. The Morgan fingerprint density at radius 1 is 1.12 bits per heavy atom. The van der Waals surface area contributed by atoms with Crippen LogP contribution < -0.4 is 0 Å². The molecule has 1 aliphatic heterocycles. The van der Waals surface area contributed by atoms with Crippen molar-refractivity contribution < 1.29 is 9.18 Å². The smallest absolute Gasteiger partial charge is 0.233 e. The second-order valence-corrected chi connectivity index (χ2v) is 9.14. The number of nitrogens with zero attached hydrogens (tertiary/aromatic N) is 5. The van der Waals surface area contributed by atoms with Crippen molar-refractivity contribution in [2.24, 2.45) is 0 Å². The lowest BCUT2D eigenvalue weighted by Crippen LogP contribution is -2.28. The fourth-order valence-corrected chi connectivity index (χ4v) is 4.85. The number of aromatic nitrogens is 3. The minimum Gasteiger partial charge on any atom is -0.341 e. The van der Waals surface area contributed by atoms with Crippen molar-refractivity contribution >= 4 is 29.3 Å². The van der Waals surface area contributed by atoms with E-state index in [-0.39, 0.29) is 18.2 Å². The fourth-order valence-electron chi connectivity index (χ4n) is 3.72. The van der Waals surface area contributed by atoms with E-state index in [4.69, 9.17) is 11.6 Å². The van der Waals surface area contributed by atoms with Crippen LogP contribution in [0.15, 0.2) is 53.7 Å². The van der Waals surface area contributed by atoms with Crippen molar-refractivity contribution in [2.45, 2.75) is 31.1 Å². The number of hydrogen-bond donors (Lipinski definition) is 0. The largest absolute Gasteiger partial charge is 0.341 e. The first kappa shape index (κ1) is 22.8. The lowest BCUT2D eigenvalue weighted by Gasteiger charge is -2.18. The predicted octanol–water partition coefficient (Wildman–Crippen LogP) is 4.41.